The van der Waals surface area contributed by atoms with Crippen molar-refractivity contribution in [3.05, 3.63) is 0 Å². The average molecular weight is 565 g/mol. The van der Waals surface area contributed by atoms with Gasteiger partial charge in [0.15, 0.2) is 5.96 Å². The number of likely N-dealkylation sites (tertiary alicyclic amines) is 2. The maximum atomic E-state index is 12.7. The zero-order valence-corrected chi connectivity index (χ0v) is 22.3. The number of rotatable bonds is 7. The number of nitrogens with zero attached hydrogens (tertiary/aromatic N) is 5. The normalized spacial score (nSPS) is 22.4. The van der Waals surface area contributed by atoms with Gasteiger partial charge in [0.05, 0.1) is 12.6 Å². The van der Waals surface area contributed by atoms with Crippen molar-refractivity contribution in [2.24, 2.45) is 4.99 Å². The number of halogens is 1. The molecule has 3 fully saturated rings. The predicted octanol–water partition coefficient (Wildman–Crippen LogP) is 1.44. The van der Waals surface area contributed by atoms with E-state index < -0.39 is 0 Å². The fourth-order valence-electron chi connectivity index (χ4n) is 4.78. The Morgan fingerprint density at radius 1 is 0.906 bits per heavy atom. The van der Waals surface area contributed by atoms with Crippen molar-refractivity contribution in [2.75, 3.05) is 78.5 Å². The number of piperidine rings is 1. The van der Waals surface area contributed by atoms with Gasteiger partial charge in [0.2, 0.25) is 5.91 Å². The Balaban J connectivity index is 0.00000363. The van der Waals surface area contributed by atoms with Crippen LogP contribution >= 0.6 is 24.0 Å². The number of hydrogen-bond acceptors (Lipinski definition) is 5. The van der Waals surface area contributed by atoms with Crippen molar-refractivity contribution in [1.29, 1.82) is 0 Å². The topological polar surface area (TPSA) is 74.6 Å². The Hall–Kier alpha value is -0.650. The molecule has 1 amide bonds. The van der Waals surface area contributed by atoms with Crippen molar-refractivity contribution in [3.8, 4) is 0 Å². The van der Waals surface area contributed by atoms with Gasteiger partial charge in [0, 0.05) is 65.4 Å². The van der Waals surface area contributed by atoms with Gasteiger partial charge in [0.1, 0.15) is 0 Å². The second kappa shape index (κ2) is 15.3. The number of carbonyl (C=O) groups is 1. The van der Waals surface area contributed by atoms with E-state index in [1.165, 1.54) is 12.8 Å². The van der Waals surface area contributed by atoms with Crippen LogP contribution < -0.4 is 5.32 Å². The van der Waals surface area contributed by atoms with Gasteiger partial charge in [0.25, 0.3) is 0 Å². The molecule has 8 nitrogen and oxygen atoms in total. The van der Waals surface area contributed by atoms with Gasteiger partial charge in [-0.25, -0.2) is 0 Å². The highest BCUT2D eigenvalue weighted by Gasteiger charge is 2.24. The van der Waals surface area contributed by atoms with Crippen LogP contribution in [0.15, 0.2) is 4.99 Å². The molecule has 0 aromatic heterocycles. The lowest BCUT2D eigenvalue weighted by Crippen LogP contribution is -2.54. The molecule has 0 aromatic carbocycles. The molecule has 0 unspecified atom stereocenters. The van der Waals surface area contributed by atoms with Gasteiger partial charge < -0.3 is 25.1 Å². The highest BCUT2D eigenvalue weighted by Crippen LogP contribution is 2.12. The van der Waals surface area contributed by atoms with Gasteiger partial charge in [-0.05, 0) is 45.6 Å². The third-order valence-electron chi connectivity index (χ3n) is 6.78. The van der Waals surface area contributed by atoms with E-state index in [-0.39, 0.29) is 30.1 Å². The summed E-state index contributed by atoms with van der Waals surface area (Å²) in [5.41, 5.74) is 0. The second-order valence-electron chi connectivity index (χ2n) is 9.22. The molecule has 0 bridgehead atoms. The van der Waals surface area contributed by atoms with Crippen molar-refractivity contribution < 1.29 is 9.90 Å². The fourth-order valence-corrected chi connectivity index (χ4v) is 4.78. The van der Waals surface area contributed by atoms with E-state index in [1.54, 1.807) is 0 Å². The first kappa shape index (κ1) is 27.6. The van der Waals surface area contributed by atoms with Crippen LogP contribution in [0.4, 0.5) is 0 Å². The first-order valence-electron chi connectivity index (χ1n) is 12.6. The third kappa shape index (κ3) is 9.30. The van der Waals surface area contributed by atoms with E-state index in [9.17, 15) is 9.90 Å². The lowest BCUT2D eigenvalue weighted by atomic mass is 10.1. The zero-order valence-electron chi connectivity index (χ0n) is 20.0. The first-order chi connectivity index (χ1) is 15.2. The number of guanidine groups is 1. The van der Waals surface area contributed by atoms with Crippen LogP contribution in [0.1, 0.15) is 51.9 Å². The summed E-state index contributed by atoms with van der Waals surface area (Å²) in [6, 6.07) is 0. The van der Waals surface area contributed by atoms with E-state index >= 15 is 0 Å². The van der Waals surface area contributed by atoms with Crippen LogP contribution in [0.2, 0.25) is 0 Å². The summed E-state index contributed by atoms with van der Waals surface area (Å²) in [6.07, 6.45) is 7.57. The highest BCUT2D eigenvalue weighted by atomic mass is 127. The standard InChI is InChI=1S/C23H44N6O2.HI/c1-2-24-23(25-10-7-11-26-14-8-21(30)9-15-26)29-18-16-27(17-19-29)20-22(31)28-12-5-3-4-6-13-28;/h21,30H,2-20H2,1H3,(H,24,25);1H. The highest BCUT2D eigenvalue weighted by molar-refractivity contribution is 14.0. The quantitative estimate of drug-likeness (QED) is 0.211. The van der Waals surface area contributed by atoms with E-state index in [0.717, 1.165) is 110 Å². The van der Waals surface area contributed by atoms with Crippen molar-refractivity contribution >= 4 is 35.8 Å². The summed E-state index contributed by atoms with van der Waals surface area (Å²) < 4.78 is 0. The van der Waals surface area contributed by atoms with Crippen LogP contribution in [0.25, 0.3) is 0 Å². The molecule has 2 N–H and O–H groups in total. The summed E-state index contributed by atoms with van der Waals surface area (Å²) in [5.74, 6) is 1.32. The summed E-state index contributed by atoms with van der Waals surface area (Å²) >= 11 is 0. The molecular weight excluding hydrogens is 519 g/mol. The predicted molar refractivity (Wildman–Crippen MR) is 141 cm³/mol. The molecular formula is C23H45IN6O2. The Morgan fingerprint density at radius 2 is 1.56 bits per heavy atom. The van der Waals surface area contributed by atoms with Gasteiger partial charge in [-0.2, -0.15) is 0 Å². The number of aliphatic imine (C=N–C) groups is 1. The SMILES string of the molecule is CCNC(=NCCCN1CCC(O)CC1)N1CCN(CC(=O)N2CCCCCC2)CC1.I. The van der Waals surface area contributed by atoms with Crippen molar-refractivity contribution in [1.82, 2.24) is 24.9 Å². The van der Waals surface area contributed by atoms with Crippen LogP contribution in [0.5, 0.6) is 0 Å². The molecule has 9 heteroatoms. The molecule has 3 aliphatic rings. The molecule has 0 spiro atoms. The molecule has 3 rings (SSSR count). The average Bonchev–Trinajstić information content (AvgIpc) is 3.07. The number of amides is 1. The summed E-state index contributed by atoms with van der Waals surface area (Å²) in [4.78, 5) is 26.7. The second-order valence-corrected chi connectivity index (χ2v) is 9.22. The minimum atomic E-state index is -0.104. The maximum absolute atomic E-state index is 12.7. The molecule has 3 heterocycles. The number of carbonyl (C=O) groups excluding carboxylic acids is 1. The Bertz CT molecular complexity index is 555. The summed E-state index contributed by atoms with van der Waals surface area (Å²) in [6.45, 7) is 13.0. The van der Waals surface area contributed by atoms with E-state index in [2.05, 4.69) is 31.8 Å². The van der Waals surface area contributed by atoms with E-state index in [1.807, 2.05) is 0 Å². The van der Waals surface area contributed by atoms with Crippen molar-refractivity contribution in [2.45, 2.75) is 58.0 Å². The number of nitrogens with one attached hydrogen (secondary N) is 1. The van der Waals surface area contributed by atoms with Gasteiger partial charge in [-0.3, -0.25) is 14.7 Å². The number of aliphatic hydroxyl groups excluding tert-OH is 1. The van der Waals surface area contributed by atoms with Crippen LogP contribution in [-0.2, 0) is 4.79 Å². The van der Waals surface area contributed by atoms with Gasteiger partial charge in [-0.15, -0.1) is 24.0 Å². The molecule has 0 radical (unpaired) electrons. The third-order valence-corrected chi connectivity index (χ3v) is 6.78. The molecule has 0 saturated carbocycles. The minimum Gasteiger partial charge on any atom is -0.393 e. The van der Waals surface area contributed by atoms with Crippen molar-refractivity contribution in [3.63, 3.8) is 0 Å². The van der Waals surface area contributed by atoms with Crippen LogP contribution in [-0.4, -0.2) is 121 Å². The maximum Gasteiger partial charge on any atom is 0.236 e. The number of piperazine rings is 1. The van der Waals surface area contributed by atoms with Crippen LogP contribution in [0, 0.1) is 0 Å². The summed E-state index contributed by atoms with van der Waals surface area (Å²) in [5, 5.41) is 13.1. The number of hydrogen-bond donors (Lipinski definition) is 2. The molecule has 0 atom stereocenters. The largest absolute Gasteiger partial charge is 0.393 e. The molecule has 0 aromatic rings. The van der Waals surface area contributed by atoms with Gasteiger partial charge >= 0.3 is 0 Å². The smallest absolute Gasteiger partial charge is 0.236 e. The van der Waals surface area contributed by atoms with Crippen LogP contribution in [0.3, 0.4) is 0 Å². The monoisotopic (exact) mass is 564 g/mol. The Kier molecular flexibility index (Phi) is 13.2. The Labute approximate surface area is 211 Å². The van der Waals surface area contributed by atoms with E-state index in [0.29, 0.717) is 12.5 Å². The first-order valence-corrected chi connectivity index (χ1v) is 12.6. The Morgan fingerprint density at radius 3 is 2.19 bits per heavy atom. The lowest BCUT2D eigenvalue weighted by Gasteiger charge is -2.37. The van der Waals surface area contributed by atoms with E-state index in [4.69, 9.17) is 4.99 Å². The minimum absolute atomic E-state index is 0. The molecule has 32 heavy (non-hydrogen) atoms. The molecule has 3 saturated heterocycles. The molecule has 0 aliphatic carbocycles. The molecule has 186 valence electrons. The van der Waals surface area contributed by atoms with Gasteiger partial charge in [-0.1, -0.05) is 12.8 Å². The zero-order chi connectivity index (χ0) is 21.9. The lowest BCUT2D eigenvalue weighted by molar-refractivity contribution is -0.132. The fraction of sp³-hybridized carbons (Fsp3) is 0.913. The number of aliphatic hydroxyl groups is 1. The molecule has 3 aliphatic heterocycles. The summed E-state index contributed by atoms with van der Waals surface area (Å²) in [7, 11) is 0.